The van der Waals surface area contributed by atoms with Gasteiger partial charge in [-0.25, -0.2) is 9.59 Å². The Morgan fingerprint density at radius 3 is 2.33 bits per heavy atom. The van der Waals surface area contributed by atoms with Gasteiger partial charge in [-0.15, -0.1) is 0 Å². The number of nitrogens with one attached hydrogen (secondary N) is 2. The van der Waals surface area contributed by atoms with Gasteiger partial charge < -0.3 is 25.2 Å². The van der Waals surface area contributed by atoms with Crippen LogP contribution < -0.4 is 10.6 Å². The number of amides is 2. The van der Waals surface area contributed by atoms with E-state index in [0.29, 0.717) is 0 Å². The van der Waals surface area contributed by atoms with Gasteiger partial charge in [0.2, 0.25) is 5.91 Å². The molecule has 1 saturated heterocycles. The number of carbonyl (C=O) groups excluding carboxylic acids is 2. The maximum Gasteiger partial charge on any atom is 0.407 e. The first-order chi connectivity index (χ1) is 16.0. The third-order valence-corrected chi connectivity index (χ3v) is 6.09. The molecule has 0 saturated carbocycles. The Morgan fingerprint density at radius 1 is 1.06 bits per heavy atom. The van der Waals surface area contributed by atoms with E-state index in [2.05, 4.69) is 22.8 Å². The second-order valence-electron chi connectivity index (χ2n) is 8.16. The van der Waals surface area contributed by atoms with E-state index in [1.54, 1.807) is 0 Å². The Kier molecular flexibility index (Phi) is 6.74. The van der Waals surface area contributed by atoms with Gasteiger partial charge in [0.25, 0.3) is 0 Å². The molecule has 8 heteroatoms. The summed E-state index contributed by atoms with van der Waals surface area (Å²) in [6.07, 6.45) is 0.816. The molecule has 2 aromatic carbocycles. The second kappa shape index (κ2) is 9.87. The molecule has 33 heavy (non-hydrogen) atoms. The number of hydrogen-bond donors (Lipinski definition) is 3. The summed E-state index contributed by atoms with van der Waals surface area (Å²) in [4.78, 5) is 35.8. The van der Waals surface area contributed by atoms with E-state index in [0.717, 1.165) is 22.3 Å². The molecule has 0 bridgehead atoms. The molecule has 2 aromatic rings. The molecule has 1 aliphatic heterocycles. The fourth-order valence-corrected chi connectivity index (χ4v) is 4.27. The third-order valence-electron chi connectivity index (χ3n) is 6.09. The fraction of sp³-hybridized carbons (Fsp3) is 0.320. The molecule has 4 rings (SSSR count). The van der Waals surface area contributed by atoms with E-state index in [-0.39, 0.29) is 43.8 Å². The van der Waals surface area contributed by atoms with E-state index in [1.807, 2.05) is 36.4 Å². The molecule has 2 atom stereocenters. The lowest BCUT2D eigenvalue weighted by Gasteiger charge is -2.19. The SMILES string of the molecule is C/C(=C\CNC(=O)C1COCC1NC(=O)OCC1c2ccccc2-c2ccccc21)C(=O)O. The van der Waals surface area contributed by atoms with Crippen molar-refractivity contribution in [1.29, 1.82) is 0 Å². The summed E-state index contributed by atoms with van der Waals surface area (Å²) < 4.78 is 10.9. The zero-order chi connectivity index (χ0) is 23.4. The van der Waals surface area contributed by atoms with Crippen molar-refractivity contribution in [2.75, 3.05) is 26.4 Å². The van der Waals surface area contributed by atoms with E-state index in [4.69, 9.17) is 14.6 Å². The summed E-state index contributed by atoms with van der Waals surface area (Å²) in [6.45, 7) is 2.09. The highest BCUT2D eigenvalue weighted by Gasteiger charge is 2.36. The van der Waals surface area contributed by atoms with Crippen LogP contribution in [0.15, 0.2) is 60.2 Å². The Hall–Kier alpha value is -3.65. The minimum absolute atomic E-state index is 0.0497. The van der Waals surface area contributed by atoms with Crippen molar-refractivity contribution >= 4 is 18.0 Å². The van der Waals surface area contributed by atoms with Crippen LogP contribution in [-0.2, 0) is 19.1 Å². The summed E-state index contributed by atoms with van der Waals surface area (Å²) in [5.74, 6) is -1.98. The van der Waals surface area contributed by atoms with Crippen LogP contribution >= 0.6 is 0 Å². The minimum atomic E-state index is -1.04. The van der Waals surface area contributed by atoms with Crippen molar-refractivity contribution in [3.05, 3.63) is 71.3 Å². The van der Waals surface area contributed by atoms with Crippen LogP contribution in [0.3, 0.4) is 0 Å². The third kappa shape index (κ3) is 4.90. The molecule has 3 N–H and O–H groups in total. The first-order valence-corrected chi connectivity index (χ1v) is 10.8. The van der Waals surface area contributed by atoms with Gasteiger partial charge in [0.1, 0.15) is 6.61 Å². The van der Waals surface area contributed by atoms with E-state index in [9.17, 15) is 14.4 Å². The van der Waals surface area contributed by atoms with Gasteiger partial charge in [-0.3, -0.25) is 4.79 Å². The van der Waals surface area contributed by atoms with Gasteiger partial charge in [-0.2, -0.15) is 0 Å². The van der Waals surface area contributed by atoms with E-state index >= 15 is 0 Å². The topological polar surface area (TPSA) is 114 Å². The maximum absolute atomic E-state index is 12.5. The Morgan fingerprint density at radius 2 is 1.70 bits per heavy atom. The summed E-state index contributed by atoms with van der Waals surface area (Å²) in [5, 5.41) is 14.3. The summed E-state index contributed by atoms with van der Waals surface area (Å²) >= 11 is 0. The van der Waals surface area contributed by atoms with Crippen molar-refractivity contribution in [3.63, 3.8) is 0 Å². The van der Waals surface area contributed by atoms with Gasteiger partial charge in [0.15, 0.2) is 0 Å². The molecule has 172 valence electrons. The molecular weight excluding hydrogens is 424 g/mol. The number of alkyl carbamates (subject to hydrolysis) is 1. The molecule has 8 nitrogen and oxygen atoms in total. The summed E-state index contributed by atoms with van der Waals surface area (Å²) in [7, 11) is 0. The highest BCUT2D eigenvalue weighted by atomic mass is 16.5. The van der Waals surface area contributed by atoms with E-state index < -0.39 is 24.0 Å². The number of rotatable bonds is 7. The van der Waals surface area contributed by atoms with Gasteiger partial charge in [-0.1, -0.05) is 54.6 Å². The molecule has 0 aromatic heterocycles. The van der Waals surface area contributed by atoms with Crippen molar-refractivity contribution in [3.8, 4) is 11.1 Å². The highest BCUT2D eigenvalue weighted by Crippen LogP contribution is 2.44. The van der Waals surface area contributed by atoms with Crippen LogP contribution in [0.4, 0.5) is 4.79 Å². The lowest BCUT2D eigenvalue weighted by Crippen LogP contribution is -2.46. The molecule has 2 amide bonds. The normalized spacial score (nSPS) is 19.5. The standard InChI is InChI=1S/C25H26N2O6/c1-15(24(29)30)10-11-26-23(28)21-12-32-14-22(21)27-25(31)33-13-20-18-8-4-2-6-16(18)17-7-3-5-9-19(17)20/h2-10,20-22H,11-14H2,1H3,(H,26,28)(H,27,31)(H,29,30)/b15-10+. The molecule has 1 heterocycles. The summed E-state index contributed by atoms with van der Waals surface area (Å²) in [6, 6.07) is 15.7. The van der Waals surface area contributed by atoms with Crippen LogP contribution in [0, 0.1) is 5.92 Å². The zero-order valence-corrected chi connectivity index (χ0v) is 18.2. The van der Waals surface area contributed by atoms with Gasteiger partial charge in [0, 0.05) is 18.0 Å². The number of carboxylic acids is 1. The van der Waals surface area contributed by atoms with Crippen molar-refractivity contribution in [2.24, 2.45) is 5.92 Å². The van der Waals surface area contributed by atoms with Crippen LogP contribution in [0.1, 0.15) is 24.0 Å². The lowest BCUT2D eigenvalue weighted by molar-refractivity contribution is -0.132. The zero-order valence-electron chi connectivity index (χ0n) is 18.2. The number of fused-ring (bicyclic) bond motifs is 3. The number of hydrogen-bond acceptors (Lipinski definition) is 5. The molecular formula is C25H26N2O6. The van der Waals surface area contributed by atoms with E-state index in [1.165, 1.54) is 13.0 Å². The van der Waals surface area contributed by atoms with Crippen molar-refractivity contribution in [1.82, 2.24) is 10.6 Å². The van der Waals surface area contributed by atoms with Crippen LogP contribution in [0.2, 0.25) is 0 Å². The molecule has 0 radical (unpaired) electrons. The first-order valence-electron chi connectivity index (χ1n) is 10.8. The van der Waals surface area contributed by atoms with Crippen molar-refractivity contribution < 1.29 is 29.0 Å². The maximum atomic E-state index is 12.5. The minimum Gasteiger partial charge on any atom is -0.478 e. The Balaban J connectivity index is 1.33. The quantitative estimate of drug-likeness (QED) is 0.559. The van der Waals surface area contributed by atoms with Crippen LogP contribution in [0.25, 0.3) is 11.1 Å². The van der Waals surface area contributed by atoms with Crippen molar-refractivity contribution in [2.45, 2.75) is 18.9 Å². The Labute approximate surface area is 191 Å². The lowest BCUT2D eigenvalue weighted by atomic mass is 9.98. The number of ether oxygens (including phenoxy) is 2. The predicted octanol–water partition coefficient (Wildman–Crippen LogP) is 2.69. The average Bonchev–Trinajstić information content (AvgIpc) is 3.40. The smallest absolute Gasteiger partial charge is 0.407 e. The van der Waals surface area contributed by atoms with Gasteiger partial charge in [-0.05, 0) is 29.2 Å². The second-order valence-corrected chi connectivity index (χ2v) is 8.16. The largest absolute Gasteiger partial charge is 0.478 e. The van der Waals surface area contributed by atoms with Crippen LogP contribution in [0.5, 0.6) is 0 Å². The predicted molar refractivity (Wildman–Crippen MR) is 121 cm³/mol. The number of carboxylic acid groups (broad SMARTS) is 1. The fourth-order valence-electron chi connectivity index (χ4n) is 4.27. The number of aliphatic carboxylic acids is 1. The summed E-state index contributed by atoms with van der Waals surface area (Å²) in [5.41, 5.74) is 4.69. The monoisotopic (exact) mass is 450 g/mol. The number of carbonyl (C=O) groups is 3. The average molecular weight is 450 g/mol. The number of benzene rings is 2. The molecule has 0 spiro atoms. The molecule has 1 fully saturated rings. The molecule has 2 unspecified atom stereocenters. The van der Waals surface area contributed by atoms with Gasteiger partial charge in [0.05, 0.1) is 25.2 Å². The Bertz CT molecular complexity index is 1050. The van der Waals surface area contributed by atoms with Gasteiger partial charge >= 0.3 is 12.1 Å². The highest BCUT2D eigenvalue weighted by molar-refractivity contribution is 5.86. The first kappa shape index (κ1) is 22.5. The molecule has 2 aliphatic rings. The van der Waals surface area contributed by atoms with Crippen LogP contribution in [-0.4, -0.2) is 55.5 Å². The molecule has 1 aliphatic carbocycles.